The van der Waals surface area contributed by atoms with E-state index in [9.17, 15) is 0 Å². The average molecular weight is 383 g/mol. The molecule has 0 bridgehead atoms. The van der Waals surface area contributed by atoms with E-state index in [0.29, 0.717) is 18.3 Å². The van der Waals surface area contributed by atoms with E-state index in [2.05, 4.69) is 37.4 Å². The van der Waals surface area contributed by atoms with Crippen LogP contribution in [0.3, 0.4) is 0 Å². The van der Waals surface area contributed by atoms with Crippen molar-refractivity contribution in [2.24, 2.45) is 10.2 Å². The van der Waals surface area contributed by atoms with Crippen LogP contribution in [0, 0.1) is 6.92 Å². The fourth-order valence-corrected chi connectivity index (χ4v) is 3.53. The minimum atomic E-state index is 0.455. The second-order valence-electron chi connectivity index (χ2n) is 7.22. The Balaban J connectivity index is 1.43. The van der Waals surface area contributed by atoms with Gasteiger partial charge in [-0.05, 0) is 63.2 Å². The normalized spacial score (nSPS) is 18.3. The van der Waals surface area contributed by atoms with Gasteiger partial charge in [-0.15, -0.1) is 0 Å². The van der Waals surface area contributed by atoms with Gasteiger partial charge in [0.05, 0.1) is 5.71 Å². The Morgan fingerprint density at radius 1 is 1.11 bits per heavy atom. The van der Waals surface area contributed by atoms with Crippen molar-refractivity contribution in [2.75, 3.05) is 25.5 Å². The lowest BCUT2D eigenvalue weighted by atomic mass is 10.0. The Bertz CT molecular complexity index is 899. The van der Waals surface area contributed by atoms with Crippen molar-refractivity contribution in [1.82, 2.24) is 14.9 Å². The molecule has 2 aliphatic rings. The molecule has 1 N–H and O–H groups in total. The van der Waals surface area contributed by atoms with Crippen molar-refractivity contribution in [3.63, 3.8) is 0 Å². The maximum atomic E-state index is 6.24. The lowest BCUT2D eigenvalue weighted by Crippen LogP contribution is -2.36. The highest BCUT2D eigenvalue weighted by Crippen LogP contribution is 2.21. The molecule has 6 nitrogen and oxygen atoms in total. The first-order chi connectivity index (χ1) is 13.1. The van der Waals surface area contributed by atoms with Crippen LogP contribution in [0.1, 0.15) is 36.2 Å². The molecule has 27 heavy (non-hydrogen) atoms. The first-order valence-electron chi connectivity index (χ1n) is 9.27. The molecule has 1 aromatic heterocycles. The first-order valence-corrected chi connectivity index (χ1v) is 9.65. The molecule has 0 spiro atoms. The fraction of sp³-hybridized carbons (Fsp3) is 0.400. The van der Waals surface area contributed by atoms with E-state index in [1.165, 1.54) is 0 Å². The number of rotatable bonds is 4. The molecular weight excluding hydrogens is 360 g/mol. The summed E-state index contributed by atoms with van der Waals surface area (Å²) in [4.78, 5) is 11.4. The summed E-state index contributed by atoms with van der Waals surface area (Å²) in [6.45, 7) is 4.21. The van der Waals surface area contributed by atoms with Crippen molar-refractivity contribution in [3.8, 4) is 0 Å². The number of anilines is 1. The fourth-order valence-electron chi connectivity index (χ4n) is 3.35. The van der Waals surface area contributed by atoms with Gasteiger partial charge in [0.15, 0.2) is 5.82 Å². The molecule has 1 fully saturated rings. The van der Waals surface area contributed by atoms with Crippen LogP contribution in [-0.2, 0) is 0 Å². The molecule has 0 radical (unpaired) electrons. The van der Waals surface area contributed by atoms with Crippen LogP contribution in [-0.4, -0.2) is 52.5 Å². The lowest BCUT2D eigenvalue weighted by Gasteiger charge is -2.29. The number of benzene rings is 1. The average Bonchev–Trinajstić information content (AvgIpc) is 3.16. The SMILES string of the molecule is Cc1ccc(C2=NN=C(c3nccc(NC4CCN(C)CC4)n3)C2)cc1Cl. The van der Waals surface area contributed by atoms with Crippen molar-refractivity contribution < 1.29 is 0 Å². The zero-order valence-electron chi connectivity index (χ0n) is 15.6. The highest BCUT2D eigenvalue weighted by atomic mass is 35.5. The molecule has 140 valence electrons. The molecule has 3 heterocycles. The molecule has 0 saturated carbocycles. The third-order valence-corrected chi connectivity index (χ3v) is 5.52. The van der Waals surface area contributed by atoms with Gasteiger partial charge in [-0.25, -0.2) is 9.97 Å². The van der Waals surface area contributed by atoms with E-state index in [1.54, 1.807) is 6.20 Å². The Kier molecular flexibility index (Phi) is 5.18. The third kappa shape index (κ3) is 4.17. The molecule has 0 aliphatic carbocycles. The quantitative estimate of drug-likeness (QED) is 0.878. The smallest absolute Gasteiger partial charge is 0.178 e. The first kappa shape index (κ1) is 18.1. The number of halogens is 1. The van der Waals surface area contributed by atoms with Crippen molar-refractivity contribution in [1.29, 1.82) is 0 Å². The van der Waals surface area contributed by atoms with Crippen molar-refractivity contribution in [3.05, 3.63) is 52.4 Å². The maximum Gasteiger partial charge on any atom is 0.178 e. The van der Waals surface area contributed by atoms with Crippen molar-refractivity contribution >= 4 is 28.8 Å². The molecular formula is C20H23ClN6. The van der Waals surface area contributed by atoms with E-state index in [-0.39, 0.29) is 0 Å². The number of aromatic nitrogens is 2. The van der Waals surface area contributed by atoms with Crippen LogP contribution in [0.2, 0.25) is 5.02 Å². The predicted octanol–water partition coefficient (Wildman–Crippen LogP) is 3.54. The summed E-state index contributed by atoms with van der Waals surface area (Å²) < 4.78 is 0. The molecule has 1 aromatic carbocycles. The summed E-state index contributed by atoms with van der Waals surface area (Å²) in [5, 5.41) is 12.9. The Labute approximate surface area is 164 Å². The minimum Gasteiger partial charge on any atom is -0.367 e. The number of nitrogens with zero attached hydrogens (tertiary/aromatic N) is 5. The summed E-state index contributed by atoms with van der Waals surface area (Å²) in [7, 11) is 2.16. The zero-order valence-corrected chi connectivity index (χ0v) is 16.4. The molecule has 1 saturated heterocycles. The number of nitrogens with one attached hydrogen (secondary N) is 1. The Morgan fingerprint density at radius 2 is 1.89 bits per heavy atom. The van der Waals surface area contributed by atoms with Crippen LogP contribution in [0.5, 0.6) is 0 Å². The van der Waals surface area contributed by atoms with Gasteiger partial charge in [-0.3, -0.25) is 0 Å². The van der Waals surface area contributed by atoms with Gasteiger partial charge >= 0.3 is 0 Å². The van der Waals surface area contributed by atoms with Gasteiger partial charge in [-0.2, -0.15) is 10.2 Å². The topological polar surface area (TPSA) is 65.8 Å². The van der Waals surface area contributed by atoms with E-state index >= 15 is 0 Å². The van der Waals surface area contributed by atoms with E-state index in [0.717, 1.165) is 59.3 Å². The lowest BCUT2D eigenvalue weighted by molar-refractivity contribution is 0.263. The van der Waals surface area contributed by atoms with Gasteiger partial charge in [0, 0.05) is 23.7 Å². The molecule has 2 aromatic rings. The molecule has 7 heteroatoms. The molecule has 2 aliphatic heterocycles. The number of hydrogen-bond acceptors (Lipinski definition) is 6. The number of hydrogen-bond donors (Lipinski definition) is 1. The minimum absolute atomic E-state index is 0.455. The zero-order chi connectivity index (χ0) is 18.8. The van der Waals surface area contributed by atoms with Gasteiger partial charge in [0.2, 0.25) is 0 Å². The highest BCUT2D eigenvalue weighted by Gasteiger charge is 2.20. The number of piperidine rings is 1. The largest absolute Gasteiger partial charge is 0.367 e. The van der Waals surface area contributed by atoms with Crippen LogP contribution in [0.15, 0.2) is 40.7 Å². The molecule has 0 atom stereocenters. The maximum absolute atomic E-state index is 6.24. The summed E-state index contributed by atoms with van der Waals surface area (Å²) >= 11 is 6.24. The van der Waals surface area contributed by atoms with Crippen LogP contribution in [0.25, 0.3) is 0 Å². The summed E-state index contributed by atoms with van der Waals surface area (Å²) in [6.07, 6.45) is 4.64. The molecule has 4 rings (SSSR count). The van der Waals surface area contributed by atoms with Gasteiger partial charge in [0.1, 0.15) is 11.5 Å². The Hall–Kier alpha value is -2.31. The number of aryl methyl sites for hydroxylation is 1. The summed E-state index contributed by atoms with van der Waals surface area (Å²) in [5.74, 6) is 1.48. The van der Waals surface area contributed by atoms with E-state index < -0.39 is 0 Å². The standard InChI is InChI=1S/C20H23ClN6/c1-13-3-4-14(11-16(13)21)17-12-18(26-25-17)20-22-8-5-19(24-20)23-15-6-9-27(2)10-7-15/h3-5,8,11,15H,6-7,9-10,12H2,1-2H3,(H,22,23,24). The molecule has 0 amide bonds. The van der Waals surface area contributed by atoms with Crippen molar-refractivity contribution in [2.45, 2.75) is 32.2 Å². The van der Waals surface area contributed by atoms with E-state index in [4.69, 9.17) is 11.6 Å². The summed E-state index contributed by atoms with van der Waals surface area (Å²) in [5.41, 5.74) is 3.72. The number of likely N-dealkylation sites (tertiary alicyclic amines) is 1. The van der Waals surface area contributed by atoms with Gasteiger partial charge in [-0.1, -0.05) is 23.7 Å². The van der Waals surface area contributed by atoms with Crippen LogP contribution < -0.4 is 5.32 Å². The molecule has 0 unspecified atom stereocenters. The van der Waals surface area contributed by atoms with Crippen LogP contribution >= 0.6 is 11.6 Å². The highest BCUT2D eigenvalue weighted by molar-refractivity contribution is 6.32. The second-order valence-corrected chi connectivity index (χ2v) is 7.63. The predicted molar refractivity (Wildman–Crippen MR) is 110 cm³/mol. The monoisotopic (exact) mass is 382 g/mol. The van der Waals surface area contributed by atoms with Crippen LogP contribution in [0.4, 0.5) is 5.82 Å². The van der Waals surface area contributed by atoms with E-state index in [1.807, 2.05) is 31.2 Å². The Morgan fingerprint density at radius 3 is 2.67 bits per heavy atom. The summed E-state index contributed by atoms with van der Waals surface area (Å²) in [6, 6.07) is 8.33. The second kappa shape index (κ2) is 7.74. The van der Waals surface area contributed by atoms with Gasteiger partial charge < -0.3 is 10.2 Å². The van der Waals surface area contributed by atoms with Gasteiger partial charge in [0.25, 0.3) is 0 Å². The third-order valence-electron chi connectivity index (χ3n) is 5.12.